The van der Waals surface area contributed by atoms with Crippen LogP contribution in [0, 0.1) is 11.3 Å². The summed E-state index contributed by atoms with van der Waals surface area (Å²) in [6, 6.07) is 66.4. The Hall–Kier alpha value is -7.13. The first-order valence-corrected chi connectivity index (χ1v) is 19.5. The molecule has 0 bridgehead atoms. The molecule has 8 aromatic carbocycles. The van der Waals surface area contributed by atoms with E-state index in [1.807, 2.05) is 96.7 Å². The average molecular weight is 731 g/mol. The second kappa shape index (κ2) is 12.7. The van der Waals surface area contributed by atoms with Crippen LogP contribution in [-0.2, 0) is 5.41 Å². The lowest BCUT2D eigenvalue weighted by molar-refractivity contribution is 0.723. The molecule has 0 unspecified atom stereocenters. The van der Waals surface area contributed by atoms with Crippen LogP contribution in [0.2, 0.25) is 0 Å². The smallest absolute Gasteiger partial charge is 0.164 e. The van der Waals surface area contributed by atoms with Gasteiger partial charge in [0.2, 0.25) is 0 Å². The van der Waals surface area contributed by atoms with Crippen molar-refractivity contribution in [3.05, 3.63) is 210 Å². The quantitative estimate of drug-likeness (QED) is 0.180. The third-order valence-corrected chi connectivity index (χ3v) is 12.4. The van der Waals surface area contributed by atoms with Crippen molar-refractivity contribution in [2.75, 3.05) is 0 Å². The second-order valence-corrected chi connectivity index (χ2v) is 15.4. The zero-order valence-electron chi connectivity index (χ0n) is 30.0. The van der Waals surface area contributed by atoms with Crippen LogP contribution >= 0.6 is 11.8 Å². The number of benzene rings is 8. The number of fused-ring (bicyclic) bond motifs is 10. The lowest BCUT2D eigenvalue weighted by Crippen LogP contribution is -2.32. The van der Waals surface area contributed by atoms with Crippen LogP contribution in [0.3, 0.4) is 0 Å². The van der Waals surface area contributed by atoms with Crippen molar-refractivity contribution < 1.29 is 0 Å². The molecule has 260 valence electrons. The Kier molecular flexibility index (Phi) is 7.35. The maximum Gasteiger partial charge on any atom is 0.164 e. The molecule has 1 aromatic heterocycles. The van der Waals surface area contributed by atoms with Crippen molar-refractivity contribution in [3.8, 4) is 62.5 Å². The van der Waals surface area contributed by atoms with Crippen molar-refractivity contribution in [1.82, 2.24) is 15.0 Å². The Morgan fingerprint density at radius 1 is 0.393 bits per heavy atom. The Morgan fingerprint density at radius 3 is 1.55 bits per heavy atom. The Labute approximate surface area is 328 Å². The van der Waals surface area contributed by atoms with Crippen LogP contribution in [0.4, 0.5) is 0 Å². The summed E-state index contributed by atoms with van der Waals surface area (Å²) in [4.78, 5) is 17.8. The monoisotopic (exact) mass is 730 g/mol. The van der Waals surface area contributed by atoms with E-state index in [-0.39, 0.29) is 0 Å². The fraction of sp³-hybridized carbons (Fsp3) is 0.0196. The molecule has 0 amide bonds. The highest BCUT2D eigenvalue weighted by atomic mass is 32.2. The highest BCUT2D eigenvalue weighted by molar-refractivity contribution is 7.99. The Balaban J connectivity index is 1.18. The molecule has 0 radical (unpaired) electrons. The summed E-state index contributed by atoms with van der Waals surface area (Å²) in [6.07, 6.45) is 0. The molecule has 5 heteroatoms. The third-order valence-electron chi connectivity index (χ3n) is 11.2. The second-order valence-electron chi connectivity index (χ2n) is 14.3. The highest BCUT2D eigenvalue weighted by Crippen LogP contribution is 2.63. The van der Waals surface area contributed by atoms with E-state index >= 15 is 0 Å². The average Bonchev–Trinajstić information content (AvgIpc) is 3.54. The minimum Gasteiger partial charge on any atom is -0.208 e. The molecule has 4 nitrogen and oxygen atoms in total. The van der Waals surface area contributed by atoms with Crippen LogP contribution in [0.25, 0.3) is 67.2 Å². The number of rotatable bonds is 4. The predicted octanol–water partition coefficient (Wildman–Crippen LogP) is 12.4. The Morgan fingerprint density at radius 2 is 0.929 bits per heavy atom. The molecule has 11 rings (SSSR count). The number of hydrogen-bond donors (Lipinski definition) is 0. The molecule has 1 aliphatic heterocycles. The first-order chi connectivity index (χ1) is 27.7. The number of nitrogens with zero attached hydrogens (tertiary/aromatic N) is 4. The van der Waals surface area contributed by atoms with Crippen LogP contribution in [0.1, 0.15) is 27.8 Å². The predicted molar refractivity (Wildman–Crippen MR) is 225 cm³/mol. The van der Waals surface area contributed by atoms with Gasteiger partial charge in [0.25, 0.3) is 0 Å². The van der Waals surface area contributed by atoms with Gasteiger partial charge in [-0.2, -0.15) is 5.26 Å². The summed E-state index contributed by atoms with van der Waals surface area (Å²) < 4.78 is 0. The highest BCUT2D eigenvalue weighted by Gasteiger charge is 2.50. The normalized spacial score (nSPS) is 13.1. The van der Waals surface area contributed by atoms with Gasteiger partial charge >= 0.3 is 0 Å². The molecule has 0 saturated carbocycles. The van der Waals surface area contributed by atoms with Gasteiger partial charge < -0.3 is 0 Å². The van der Waals surface area contributed by atoms with E-state index in [9.17, 15) is 5.26 Å². The fourth-order valence-corrected chi connectivity index (χ4v) is 9.83. The lowest BCUT2D eigenvalue weighted by Gasteiger charge is -2.39. The first-order valence-electron chi connectivity index (χ1n) is 18.7. The first kappa shape index (κ1) is 32.3. The van der Waals surface area contributed by atoms with E-state index in [1.54, 1.807) is 0 Å². The molecule has 0 N–H and O–H groups in total. The summed E-state index contributed by atoms with van der Waals surface area (Å²) in [5.74, 6) is 1.92. The van der Waals surface area contributed by atoms with Crippen LogP contribution in [0.15, 0.2) is 192 Å². The third kappa shape index (κ3) is 4.97. The topological polar surface area (TPSA) is 62.5 Å². The van der Waals surface area contributed by atoms with Crippen molar-refractivity contribution in [2.24, 2.45) is 0 Å². The summed E-state index contributed by atoms with van der Waals surface area (Å²) in [7, 11) is 0. The largest absolute Gasteiger partial charge is 0.208 e. The summed E-state index contributed by atoms with van der Waals surface area (Å²) in [5.41, 5.74) is 12.6. The SMILES string of the molecule is N#Cc1ccc(-c2ccc3cc4c(cc3c2)C2(c3ccccc3Sc3ccccc32)c2cc(-c3nc(-c5ccccc5)nc(-c5ccccc5)n3)ccc2-4)cc1. The van der Waals surface area contributed by atoms with E-state index in [1.165, 1.54) is 53.9 Å². The summed E-state index contributed by atoms with van der Waals surface area (Å²) >= 11 is 1.84. The van der Waals surface area contributed by atoms with Gasteiger partial charge in [0.15, 0.2) is 17.5 Å². The van der Waals surface area contributed by atoms with Gasteiger partial charge in [0, 0.05) is 26.5 Å². The molecule has 2 aliphatic rings. The Bertz CT molecular complexity index is 2960. The number of nitriles is 1. The van der Waals surface area contributed by atoms with Gasteiger partial charge in [-0.05, 0) is 104 Å². The van der Waals surface area contributed by atoms with Crippen LogP contribution < -0.4 is 0 Å². The molecule has 9 aromatic rings. The van der Waals surface area contributed by atoms with Crippen molar-refractivity contribution in [3.63, 3.8) is 0 Å². The minimum absolute atomic E-state index is 0.588. The lowest BCUT2D eigenvalue weighted by atomic mass is 9.67. The maximum absolute atomic E-state index is 9.40. The van der Waals surface area contributed by atoms with E-state index in [2.05, 4.69) is 103 Å². The van der Waals surface area contributed by atoms with E-state index < -0.39 is 5.41 Å². The van der Waals surface area contributed by atoms with Gasteiger partial charge in [-0.3, -0.25) is 0 Å². The van der Waals surface area contributed by atoms with Crippen molar-refractivity contribution >= 4 is 22.5 Å². The molecular weight excluding hydrogens is 701 g/mol. The van der Waals surface area contributed by atoms with E-state index in [4.69, 9.17) is 15.0 Å². The van der Waals surface area contributed by atoms with Gasteiger partial charge in [0.05, 0.1) is 17.0 Å². The molecule has 0 fully saturated rings. The van der Waals surface area contributed by atoms with Gasteiger partial charge in [-0.25, -0.2) is 15.0 Å². The molecule has 1 aliphatic carbocycles. The molecule has 56 heavy (non-hydrogen) atoms. The van der Waals surface area contributed by atoms with E-state index in [0.717, 1.165) is 27.8 Å². The van der Waals surface area contributed by atoms with Crippen molar-refractivity contribution in [1.29, 1.82) is 5.26 Å². The number of hydrogen-bond acceptors (Lipinski definition) is 5. The number of aromatic nitrogens is 3. The summed E-state index contributed by atoms with van der Waals surface area (Å²) in [6.45, 7) is 0. The maximum atomic E-state index is 9.40. The molecule has 2 heterocycles. The van der Waals surface area contributed by atoms with Gasteiger partial charge in [-0.15, -0.1) is 0 Å². The van der Waals surface area contributed by atoms with Crippen molar-refractivity contribution in [2.45, 2.75) is 15.2 Å². The standard InChI is InChI=1S/C51H30N4S/c52-31-32-19-21-33(22-20-32)36-23-24-37-28-41-40-26-25-38(50-54-48(34-11-3-1-4-12-34)53-49(55-50)35-13-5-2-6-14-35)29-44(40)51(45(41)30-39(37)27-36)42-15-7-9-17-46(42)56-47-18-10-8-16-43(47)51/h1-30H. The zero-order chi connectivity index (χ0) is 37.2. The molecule has 0 atom stereocenters. The van der Waals surface area contributed by atoms with Crippen LogP contribution in [-0.4, -0.2) is 15.0 Å². The van der Waals surface area contributed by atoms with Crippen LogP contribution in [0.5, 0.6) is 0 Å². The molecule has 1 spiro atoms. The van der Waals surface area contributed by atoms with E-state index in [0.29, 0.717) is 23.0 Å². The van der Waals surface area contributed by atoms with Gasteiger partial charge in [-0.1, -0.05) is 145 Å². The summed E-state index contributed by atoms with van der Waals surface area (Å²) in [5, 5.41) is 11.8. The fourth-order valence-electron chi connectivity index (χ4n) is 8.63. The van der Waals surface area contributed by atoms with Gasteiger partial charge in [0.1, 0.15) is 0 Å². The zero-order valence-corrected chi connectivity index (χ0v) is 30.8. The minimum atomic E-state index is -0.588. The molecular formula is C51H30N4S. The molecule has 0 saturated heterocycles.